The first-order valence-corrected chi connectivity index (χ1v) is 24.3. The molecule has 2 fully saturated rings. The molecule has 0 saturated carbocycles. The van der Waals surface area contributed by atoms with E-state index >= 15 is 0 Å². The highest BCUT2D eigenvalue weighted by atomic mass is 35.7. The van der Waals surface area contributed by atoms with Crippen LogP contribution < -0.4 is 0 Å². The van der Waals surface area contributed by atoms with Gasteiger partial charge in [-0.3, -0.25) is 19.8 Å². The number of hydrogen-bond acceptors (Lipinski definition) is 8. The Hall–Kier alpha value is -4.87. The van der Waals surface area contributed by atoms with Crippen LogP contribution in [-0.2, 0) is 25.3 Å². The molecule has 2 aromatic carbocycles. The number of fused-ring (bicyclic) bond motifs is 2. The van der Waals surface area contributed by atoms with Gasteiger partial charge < -0.3 is 4.98 Å². The molecule has 62 heavy (non-hydrogen) atoms. The quantitative estimate of drug-likeness (QED) is 0.124. The molecule has 2 unspecified atom stereocenters. The first-order chi connectivity index (χ1) is 29.7. The van der Waals surface area contributed by atoms with Gasteiger partial charge in [0.25, 0.3) is 19.1 Å². The standard InChI is InChI=1S/C23H22F3N3O2S.C16H19N3.C6H4ClFO2S/c24-23(25,26)17-4-1-5-19(14-17)32(30,31)29-15-20(22-21(29)6-2-11-27-22)16-7-9-18(10-8-16)28-12-3-13-28;1-3-15-16(17-8-1)14(11-18-15)12-4-6-13(7-5-12)19-9-2-10-19;7-11(9,10)6-3-1-2-5(8)4-6/h1-2,4-7,11,14-15,18H,3,8-10,12-13H2;1,3-4,8,11,13,18H,2,5-7,9-10H2;1-4H. The van der Waals surface area contributed by atoms with Gasteiger partial charge in [-0.25, -0.2) is 25.2 Å². The van der Waals surface area contributed by atoms with Gasteiger partial charge in [0.05, 0.1) is 37.4 Å². The first-order valence-electron chi connectivity index (χ1n) is 20.5. The molecule has 2 saturated heterocycles. The largest absolute Gasteiger partial charge is 0.416 e. The highest BCUT2D eigenvalue weighted by Crippen LogP contribution is 2.37. The van der Waals surface area contributed by atoms with Crippen molar-refractivity contribution in [3.8, 4) is 0 Å². The predicted octanol–water partition coefficient (Wildman–Crippen LogP) is 9.89. The van der Waals surface area contributed by atoms with Crippen molar-refractivity contribution in [2.75, 3.05) is 26.2 Å². The van der Waals surface area contributed by atoms with E-state index in [-0.39, 0.29) is 4.90 Å². The lowest BCUT2D eigenvalue weighted by Gasteiger charge is -2.39. The number of allylic oxidation sites excluding steroid dienone is 2. The van der Waals surface area contributed by atoms with E-state index in [0.717, 1.165) is 88.8 Å². The molecule has 0 amide bonds. The number of H-pyrrole nitrogens is 1. The fraction of sp³-hybridized carbons (Fsp3) is 0.333. The van der Waals surface area contributed by atoms with Crippen LogP contribution in [-0.4, -0.2) is 83.8 Å². The van der Waals surface area contributed by atoms with E-state index in [0.29, 0.717) is 23.1 Å². The van der Waals surface area contributed by atoms with E-state index in [9.17, 15) is 34.4 Å². The van der Waals surface area contributed by atoms with Gasteiger partial charge in [-0.05, 0) is 149 Å². The lowest BCUT2D eigenvalue weighted by molar-refractivity contribution is -0.137. The number of benzene rings is 2. The van der Waals surface area contributed by atoms with Crippen molar-refractivity contribution in [1.82, 2.24) is 28.7 Å². The second kappa shape index (κ2) is 18.1. The maximum atomic E-state index is 13.4. The molecule has 2 aliphatic heterocycles. The number of halogens is 5. The van der Waals surface area contributed by atoms with Crippen LogP contribution in [0.4, 0.5) is 17.6 Å². The predicted molar refractivity (Wildman–Crippen MR) is 233 cm³/mol. The van der Waals surface area contributed by atoms with E-state index in [1.165, 1.54) is 80.7 Å². The number of rotatable bonds is 7. The normalized spacial score (nSPS) is 19.9. The first kappa shape index (κ1) is 43.8. The Bertz CT molecular complexity index is 2870. The minimum absolute atomic E-state index is 0.223. The number of aromatic nitrogens is 4. The Morgan fingerprint density at radius 1 is 0.710 bits per heavy atom. The van der Waals surface area contributed by atoms with Crippen LogP contribution in [0.2, 0.25) is 0 Å². The van der Waals surface area contributed by atoms with Gasteiger partial charge in [-0.15, -0.1) is 0 Å². The number of nitrogens with one attached hydrogen (secondary N) is 1. The number of nitrogens with zero attached hydrogens (tertiary/aromatic N) is 5. The molecule has 4 aromatic heterocycles. The van der Waals surface area contributed by atoms with Crippen LogP contribution in [0.3, 0.4) is 0 Å². The second-order valence-corrected chi connectivity index (χ2v) is 20.2. The summed E-state index contributed by atoms with van der Waals surface area (Å²) in [6.07, 6.45) is 16.1. The summed E-state index contributed by atoms with van der Waals surface area (Å²) in [6.45, 7) is 4.87. The van der Waals surface area contributed by atoms with Crippen LogP contribution in [0.25, 0.3) is 33.2 Å². The topological polar surface area (TPSA) is 121 Å². The third-order valence-corrected chi connectivity index (χ3v) is 15.0. The lowest BCUT2D eigenvalue weighted by atomic mass is 9.89. The molecule has 10 rings (SSSR count). The van der Waals surface area contributed by atoms with Crippen molar-refractivity contribution in [1.29, 1.82) is 0 Å². The van der Waals surface area contributed by atoms with Gasteiger partial charge in [-0.2, -0.15) is 13.2 Å². The zero-order chi connectivity index (χ0) is 43.6. The molecule has 0 radical (unpaired) electrons. The maximum Gasteiger partial charge on any atom is 0.416 e. The SMILES string of the molecule is C1=C(c2c[nH]c3cccnc23)CCC(N2CCC2)C1.O=S(=O)(Cl)c1cccc(F)c1.O=S(=O)(c1cccc(C(F)(F)F)c1)n1cc(C2=CCC(N3CCC3)CC2)c2ncccc21. The van der Waals surface area contributed by atoms with Gasteiger partial charge in [-0.1, -0.05) is 24.3 Å². The van der Waals surface area contributed by atoms with Crippen molar-refractivity contribution in [2.45, 2.75) is 79.4 Å². The fourth-order valence-electron chi connectivity index (χ4n) is 8.43. The molecule has 0 spiro atoms. The zero-order valence-electron chi connectivity index (χ0n) is 33.6. The maximum absolute atomic E-state index is 13.4. The fourth-order valence-corrected chi connectivity index (χ4v) is 10.6. The van der Waals surface area contributed by atoms with Crippen molar-refractivity contribution >= 4 is 63.0 Å². The monoisotopic (exact) mass is 908 g/mol. The molecule has 1 N–H and O–H groups in total. The average Bonchev–Trinajstić information content (AvgIpc) is 3.83. The Balaban J connectivity index is 0.000000148. The third-order valence-electron chi connectivity index (χ3n) is 12.0. The van der Waals surface area contributed by atoms with E-state index in [4.69, 9.17) is 10.7 Å². The van der Waals surface area contributed by atoms with Crippen LogP contribution >= 0.6 is 10.7 Å². The molecule has 17 heteroatoms. The Morgan fingerprint density at radius 2 is 1.31 bits per heavy atom. The van der Waals surface area contributed by atoms with Crippen LogP contribution in [0.1, 0.15) is 68.1 Å². The molecule has 4 aliphatic rings. The van der Waals surface area contributed by atoms with E-state index in [1.54, 1.807) is 18.3 Å². The third kappa shape index (κ3) is 9.54. The summed E-state index contributed by atoms with van der Waals surface area (Å²) in [6, 6.07) is 17.0. The van der Waals surface area contributed by atoms with E-state index in [2.05, 4.69) is 49.2 Å². The van der Waals surface area contributed by atoms with Gasteiger partial charge in [0.15, 0.2) is 0 Å². The molecule has 2 aliphatic carbocycles. The molecule has 0 bridgehead atoms. The summed E-state index contributed by atoms with van der Waals surface area (Å²) in [4.78, 5) is 16.7. The molecule has 2 atom stereocenters. The number of likely N-dealkylation sites (tertiary alicyclic amines) is 2. The van der Waals surface area contributed by atoms with Crippen LogP contribution in [0.5, 0.6) is 0 Å². The van der Waals surface area contributed by atoms with Crippen molar-refractivity contribution < 1.29 is 34.4 Å². The number of alkyl halides is 3. The molecule has 6 aromatic rings. The van der Waals surface area contributed by atoms with Crippen molar-refractivity contribution in [3.05, 3.63) is 132 Å². The van der Waals surface area contributed by atoms with Crippen LogP contribution in [0, 0.1) is 5.82 Å². The van der Waals surface area contributed by atoms with Gasteiger partial charge in [0.1, 0.15) is 5.82 Å². The highest BCUT2D eigenvalue weighted by Gasteiger charge is 2.33. The molecule has 6 heterocycles. The summed E-state index contributed by atoms with van der Waals surface area (Å²) >= 11 is 0. The number of pyridine rings is 2. The molecule has 10 nitrogen and oxygen atoms in total. The van der Waals surface area contributed by atoms with Crippen LogP contribution in [0.15, 0.2) is 120 Å². The summed E-state index contributed by atoms with van der Waals surface area (Å²) in [5.74, 6) is -0.619. The Labute approximate surface area is 362 Å². The Morgan fingerprint density at radius 3 is 1.85 bits per heavy atom. The van der Waals surface area contributed by atoms with Crippen molar-refractivity contribution in [3.63, 3.8) is 0 Å². The second-order valence-electron chi connectivity index (χ2n) is 15.8. The minimum Gasteiger partial charge on any atom is -0.359 e. The average molecular weight is 909 g/mol. The molecule has 326 valence electrons. The minimum atomic E-state index is -4.63. The summed E-state index contributed by atoms with van der Waals surface area (Å²) < 4.78 is 101. The zero-order valence-corrected chi connectivity index (χ0v) is 36.0. The lowest BCUT2D eigenvalue weighted by Crippen LogP contribution is -2.45. The van der Waals surface area contributed by atoms with Gasteiger partial charge in [0, 0.05) is 58.7 Å². The van der Waals surface area contributed by atoms with Gasteiger partial charge in [0.2, 0.25) is 0 Å². The summed E-state index contributed by atoms with van der Waals surface area (Å²) in [5, 5.41) is 0. The number of aromatic amines is 1. The van der Waals surface area contributed by atoms with Crippen molar-refractivity contribution in [2.24, 2.45) is 0 Å². The summed E-state index contributed by atoms with van der Waals surface area (Å²) in [5.41, 5.74) is 6.68. The number of hydrogen-bond donors (Lipinski definition) is 1. The smallest absolute Gasteiger partial charge is 0.359 e. The van der Waals surface area contributed by atoms with Gasteiger partial charge >= 0.3 is 6.18 Å². The highest BCUT2D eigenvalue weighted by molar-refractivity contribution is 8.13. The van der Waals surface area contributed by atoms with E-state index in [1.807, 2.05) is 12.3 Å². The Kier molecular flexibility index (Phi) is 12.8. The summed E-state index contributed by atoms with van der Waals surface area (Å²) in [7, 11) is -3.10. The van der Waals surface area contributed by atoms with E-state index < -0.39 is 41.5 Å². The molecular formula is C45H45ClF4N6O4S2. The molecular weight excluding hydrogens is 864 g/mol.